The summed E-state index contributed by atoms with van der Waals surface area (Å²) < 4.78 is 1.67. The second kappa shape index (κ2) is 5.14. The van der Waals surface area contributed by atoms with Gasteiger partial charge >= 0.3 is 0 Å². The van der Waals surface area contributed by atoms with E-state index < -0.39 is 0 Å². The molecule has 0 aromatic carbocycles. The molecule has 1 spiro atoms. The molecule has 1 atom stereocenters. The third-order valence-corrected chi connectivity index (χ3v) is 5.30. The molecule has 1 aliphatic heterocycles. The lowest BCUT2D eigenvalue weighted by Gasteiger charge is -2.40. The van der Waals surface area contributed by atoms with Crippen molar-refractivity contribution in [2.45, 2.75) is 50.6 Å². The average Bonchev–Trinajstić information content (AvgIpc) is 3.22. The Morgan fingerprint density at radius 3 is 2.87 bits per heavy atom. The van der Waals surface area contributed by atoms with Gasteiger partial charge in [-0.2, -0.15) is 0 Å². The van der Waals surface area contributed by atoms with Gasteiger partial charge in [0.1, 0.15) is 6.33 Å². The standard InChI is InChI=1S/C15H21N7O/c1-10(23)18-11-5-8-22(15(11)6-3-4-7-15)14-12-13(16-9-17-14)21(2)20-19-12/h9,11H,3-8H2,1-2H3,(H,18,23). The van der Waals surface area contributed by atoms with Crippen LogP contribution in [0.2, 0.25) is 0 Å². The van der Waals surface area contributed by atoms with E-state index in [0.29, 0.717) is 0 Å². The van der Waals surface area contributed by atoms with Crippen molar-refractivity contribution in [3.63, 3.8) is 0 Å². The van der Waals surface area contributed by atoms with Crippen LogP contribution in [0.1, 0.15) is 39.0 Å². The Labute approximate surface area is 134 Å². The normalized spacial score (nSPS) is 23.0. The third kappa shape index (κ3) is 2.08. The summed E-state index contributed by atoms with van der Waals surface area (Å²) in [7, 11) is 1.83. The van der Waals surface area contributed by atoms with Crippen LogP contribution in [0, 0.1) is 0 Å². The van der Waals surface area contributed by atoms with E-state index in [4.69, 9.17) is 0 Å². The van der Waals surface area contributed by atoms with Crippen LogP contribution in [0.4, 0.5) is 5.82 Å². The summed E-state index contributed by atoms with van der Waals surface area (Å²) >= 11 is 0. The summed E-state index contributed by atoms with van der Waals surface area (Å²) in [6.45, 7) is 2.46. The van der Waals surface area contributed by atoms with Crippen LogP contribution in [0.5, 0.6) is 0 Å². The average molecular weight is 315 g/mol. The quantitative estimate of drug-likeness (QED) is 0.881. The molecule has 2 aromatic heterocycles. The highest BCUT2D eigenvalue weighted by Gasteiger charge is 2.51. The first-order valence-corrected chi connectivity index (χ1v) is 8.17. The molecule has 3 heterocycles. The number of nitrogens with one attached hydrogen (secondary N) is 1. The van der Waals surface area contributed by atoms with Crippen molar-refractivity contribution in [2.24, 2.45) is 7.05 Å². The summed E-state index contributed by atoms with van der Waals surface area (Å²) in [6.07, 6.45) is 7.02. The van der Waals surface area contributed by atoms with Crippen LogP contribution in [-0.2, 0) is 11.8 Å². The minimum Gasteiger partial charge on any atom is -0.351 e. The molecule has 23 heavy (non-hydrogen) atoms. The van der Waals surface area contributed by atoms with Gasteiger partial charge in [-0.3, -0.25) is 4.79 Å². The zero-order valence-electron chi connectivity index (χ0n) is 13.5. The molecular weight excluding hydrogens is 294 g/mol. The molecule has 1 saturated carbocycles. The van der Waals surface area contributed by atoms with Crippen LogP contribution in [0.15, 0.2) is 6.33 Å². The van der Waals surface area contributed by atoms with E-state index in [0.717, 1.165) is 42.8 Å². The van der Waals surface area contributed by atoms with Crippen molar-refractivity contribution in [1.82, 2.24) is 30.3 Å². The van der Waals surface area contributed by atoms with Gasteiger partial charge in [-0.15, -0.1) is 5.10 Å². The molecule has 1 unspecified atom stereocenters. The zero-order valence-corrected chi connectivity index (χ0v) is 13.5. The van der Waals surface area contributed by atoms with E-state index in [1.54, 1.807) is 17.9 Å². The Bertz CT molecular complexity index is 749. The molecule has 2 aromatic rings. The van der Waals surface area contributed by atoms with Crippen LogP contribution in [0.3, 0.4) is 0 Å². The number of amides is 1. The number of carbonyl (C=O) groups is 1. The van der Waals surface area contributed by atoms with Gasteiger partial charge in [-0.1, -0.05) is 18.1 Å². The van der Waals surface area contributed by atoms with Crippen LogP contribution in [0.25, 0.3) is 11.2 Å². The molecule has 4 rings (SSSR count). The Hall–Kier alpha value is -2.25. The molecule has 1 N–H and O–H groups in total. The van der Waals surface area contributed by atoms with Crippen molar-refractivity contribution in [3.8, 4) is 0 Å². The van der Waals surface area contributed by atoms with Crippen LogP contribution in [-0.4, -0.2) is 49.0 Å². The number of rotatable bonds is 2. The highest BCUT2D eigenvalue weighted by atomic mass is 16.1. The number of nitrogens with zero attached hydrogens (tertiary/aromatic N) is 6. The molecule has 122 valence electrons. The lowest BCUT2D eigenvalue weighted by molar-refractivity contribution is -0.120. The Morgan fingerprint density at radius 1 is 1.35 bits per heavy atom. The third-order valence-electron chi connectivity index (χ3n) is 5.30. The van der Waals surface area contributed by atoms with Crippen molar-refractivity contribution >= 4 is 22.9 Å². The molecule has 8 nitrogen and oxygen atoms in total. The molecule has 1 saturated heterocycles. The fourth-order valence-electron chi connectivity index (χ4n) is 4.35. The predicted molar refractivity (Wildman–Crippen MR) is 84.9 cm³/mol. The van der Waals surface area contributed by atoms with E-state index >= 15 is 0 Å². The van der Waals surface area contributed by atoms with Gasteiger partial charge in [0.05, 0.1) is 11.6 Å². The largest absolute Gasteiger partial charge is 0.351 e. The molecule has 0 radical (unpaired) electrons. The number of fused-ring (bicyclic) bond motifs is 1. The Balaban J connectivity index is 1.79. The van der Waals surface area contributed by atoms with E-state index in [1.807, 2.05) is 7.05 Å². The van der Waals surface area contributed by atoms with Crippen molar-refractivity contribution in [3.05, 3.63) is 6.33 Å². The first-order chi connectivity index (χ1) is 11.1. The monoisotopic (exact) mass is 315 g/mol. The van der Waals surface area contributed by atoms with Gasteiger partial charge in [-0.05, 0) is 19.3 Å². The maximum absolute atomic E-state index is 11.6. The van der Waals surface area contributed by atoms with Gasteiger partial charge in [0, 0.05) is 20.5 Å². The second-order valence-corrected chi connectivity index (χ2v) is 6.59. The van der Waals surface area contributed by atoms with E-state index in [9.17, 15) is 4.79 Å². The lowest BCUT2D eigenvalue weighted by Crippen LogP contribution is -2.55. The number of carbonyl (C=O) groups excluding carboxylic acids is 1. The zero-order chi connectivity index (χ0) is 16.0. The van der Waals surface area contributed by atoms with Gasteiger partial charge < -0.3 is 10.2 Å². The van der Waals surface area contributed by atoms with Gasteiger partial charge in [0.15, 0.2) is 17.0 Å². The molecule has 2 fully saturated rings. The Kier molecular flexibility index (Phi) is 3.21. The summed E-state index contributed by atoms with van der Waals surface area (Å²) in [5, 5.41) is 11.5. The van der Waals surface area contributed by atoms with E-state index in [2.05, 4.69) is 30.5 Å². The maximum atomic E-state index is 11.6. The topological polar surface area (TPSA) is 88.8 Å². The van der Waals surface area contributed by atoms with Gasteiger partial charge in [0.2, 0.25) is 5.91 Å². The Morgan fingerprint density at radius 2 is 2.13 bits per heavy atom. The number of hydrogen-bond acceptors (Lipinski definition) is 6. The van der Waals surface area contributed by atoms with Crippen LogP contribution < -0.4 is 10.2 Å². The molecular formula is C15H21N7O. The number of aryl methyl sites for hydroxylation is 1. The summed E-state index contributed by atoms with van der Waals surface area (Å²) in [6, 6.07) is 0.171. The minimum absolute atomic E-state index is 0.0375. The minimum atomic E-state index is -0.0511. The van der Waals surface area contributed by atoms with Crippen molar-refractivity contribution in [2.75, 3.05) is 11.4 Å². The van der Waals surface area contributed by atoms with Crippen molar-refractivity contribution < 1.29 is 4.79 Å². The summed E-state index contributed by atoms with van der Waals surface area (Å²) in [5.74, 6) is 0.883. The number of hydrogen-bond donors (Lipinski definition) is 1. The van der Waals surface area contributed by atoms with Crippen LogP contribution >= 0.6 is 0 Å². The van der Waals surface area contributed by atoms with Gasteiger partial charge in [0.25, 0.3) is 0 Å². The first-order valence-electron chi connectivity index (χ1n) is 8.17. The van der Waals surface area contributed by atoms with Gasteiger partial charge in [-0.25, -0.2) is 14.6 Å². The molecule has 0 bridgehead atoms. The highest BCUT2D eigenvalue weighted by molar-refractivity contribution is 5.83. The predicted octanol–water partition coefficient (Wildman–Crippen LogP) is 0.786. The van der Waals surface area contributed by atoms with E-state index in [-0.39, 0.29) is 17.5 Å². The molecule has 1 amide bonds. The summed E-state index contributed by atoms with van der Waals surface area (Å²) in [4.78, 5) is 22.8. The number of aromatic nitrogens is 5. The smallest absolute Gasteiger partial charge is 0.217 e. The fourth-order valence-corrected chi connectivity index (χ4v) is 4.35. The SMILES string of the molecule is CC(=O)NC1CCN(c2ncnc3c2nnn3C)C12CCCC2. The fraction of sp³-hybridized carbons (Fsp3) is 0.667. The molecule has 2 aliphatic rings. The number of anilines is 1. The highest BCUT2D eigenvalue weighted by Crippen LogP contribution is 2.46. The molecule has 1 aliphatic carbocycles. The lowest BCUT2D eigenvalue weighted by atomic mass is 9.89. The first kappa shape index (κ1) is 14.3. The maximum Gasteiger partial charge on any atom is 0.217 e. The van der Waals surface area contributed by atoms with E-state index in [1.165, 1.54) is 12.8 Å². The van der Waals surface area contributed by atoms with Crippen molar-refractivity contribution in [1.29, 1.82) is 0 Å². The molecule has 8 heteroatoms. The summed E-state index contributed by atoms with van der Waals surface area (Å²) in [5.41, 5.74) is 1.43. The second-order valence-electron chi connectivity index (χ2n) is 6.59.